The summed E-state index contributed by atoms with van der Waals surface area (Å²) in [6, 6.07) is 0. The van der Waals surface area contributed by atoms with Gasteiger partial charge in [-0.2, -0.15) is 4.99 Å². The quantitative estimate of drug-likeness (QED) is 0.451. The number of ether oxygens (including phenoxy) is 1. The van der Waals surface area contributed by atoms with E-state index in [2.05, 4.69) is 18.2 Å². The number of aliphatic imine (C=N–C) groups is 1. The molecule has 0 saturated carbocycles. The van der Waals surface area contributed by atoms with Gasteiger partial charge in [-0.1, -0.05) is 13.2 Å². The standard InChI is InChI=1S/C15H22N2O3/c1-9(2)14(17(11(5)6)12(7)18)16-15(10(3)4)20-13(8)19/h3,5H2,1-2,4,6-8H3. The molecule has 5 nitrogen and oxygen atoms in total. The van der Waals surface area contributed by atoms with Gasteiger partial charge in [0.15, 0.2) is 0 Å². The second-order valence-electron chi connectivity index (χ2n) is 4.70. The molecule has 0 aromatic heterocycles. The fourth-order valence-electron chi connectivity index (χ4n) is 1.42. The van der Waals surface area contributed by atoms with E-state index >= 15 is 0 Å². The number of nitrogens with zero attached hydrogens (tertiary/aromatic N) is 2. The van der Waals surface area contributed by atoms with E-state index in [1.54, 1.807) is 13.8 Å². The zero-order valence-corrected chi connectivity index (χ0v) is 13.0. The van der Waals surface area contributed by atoms with Crippen LogP contribution in [0.25, 0.3) is 0 Å². The van der Waals surface area contributed by atoms with Gasteiger partial charge in [0, 0.05) is 25.1 Å². The van der Waals surface area contributed by atoms with Crippen molar-refractivity contribution in [3.05, 3.63) is 35.8 Å². The summed E-state index contributed by atoms with van der Waals surface area (Å²) in [6.45, 7) is 17.2. The summed E-state index contributed by atoms with van der Waals surface area (Å²) < 4.78 is 5.01. The molecule has 0 aromatic carbocycles. The Labute approximate surface area is 120 Å². The molecule has 0 aromatic rings. The summed E-state index contributed by atoms with van der Waals surface area (Å²) in [5.41, 5.74) is 1.81. The number of amides is 1. The lowest BCUT2D eigenvalue weighted by molar-refractivity contribution is -0.133. The minimum atomic E-state index is -0.496. The summed E-state index contributed by atoms with van der Waals surface area (Å²) >= 11 is 0. The smallest absolute Gasteiger partial charge is 0.309 e. The summed E-state index contributed by atoms with van der Waals surface area (Å²) in [4.78, 5) is 28.4. The molecule has 0 heterocycles. The second kappa shape index (κ2) is 7.43. The van der Waals surface area contributed by atoms with E-state index in [0.29, 0.717) is 17.1 Å². The Bertz CT molecular complexity index is 495. The molecule has 0 spiro atoms. The van der Waals surface area contributed by atoms with Crippen LogP contribution >= 0.6 is 0 Å². The molecule has 20 heavy (non-hydrogen) atoms. The Balaban J connectivity index is 5.89. The number of esters is 1. The lowest BCUT2D eigenvalue weighted by atomic mass is 10.3. The van der Waals surface area contributed by atoms with Crippen LogP contribution in [0.3, 0.4) is 0 Å². The highest BCUT2D eigenvalue weighted by Gasteiger charge is 2.18. The minimum Gasteiger partial charge on any atom is -0.407 e. The van der Waals surface area contributed by atoms with Crippen LogP contribution < -0.4 is 0 Å². The number of rotatable bonds is 4. The van der Waals surface area contributed by atoms with Gasteiger partial charge in [0.25, 0.3) is 0 Å². The maximum Gasteiger partial charge on any atom is 0.309 e. The van der Waals surface area contributed by atoms with Crippen LogP contribution in [0.4, 0.5) is 0 Å². The zero-order chi connectivity index (χ0) is 16.0. The lowest BCUT2D eigenvalue weighted by Gasteiger charge is -2.23. The Morgan fingerprint density at radius 2 is 1.50 bits per heavy atom. The van der Waals surface area contributed by atoms with Crippen LogP contribution in [-0.2, 0) is 14.3 Å². The van der Waals surface area contributed by atoms with Gasteiger partial charge in [-0.25, -0.2) is 0 Å². The molecule has 0 aliphatic carbocycles. The molecule has 0 aliphatic rings. The van der Waals surface area contributed by atoms with Crippen molar-refractivity contribution in [3.8, 4) is 0 Å². The molecule has 0 unspecified atom stereocenters. The van der Waals surface area contributed by atoms with Crippen molar-refractivity contribution >= 4 is 17.8 Å². The van der Waals surface area contributed by atoms with Crippen LogP contribution in [0.1, 0.15) is 41.5 Å². The van der Waals surface area contributed by atoms with E-state index in [9.17, 15) is 9.59 Å². The molecular weight excluding hydrogens is 256 g/mol. The number of hydrogen-bond donors (Lipinski definition) is 0. The molecule has 0 N–H and O–H groups in total. The second-order valence-corrected chi connectivity index (χ2v) is 4.70. The van der Waals surface area contributed by atoms with Crippen molar-refractivity contribution in [1.29, 1.82) is 0 Å². The topological polar surface area (TPSA) is 59.0 Å². The van der Waals surface area contributed by atoms with Gasteiger partial charge < -0.3 is 4.74 Å². The number of allylic oxidation sites excluding steroid dienone is 2. The molecule has 0 bridgehead atoms. The van der Waals surface area contributed by atoms with Gasteiger partial charge in [0.2, 0.25) is 11.8 Å². The summed E-state index contributed by atoms with van der Waals surface area (Å²) in [7, 11) is 0. The first-order valence-corrected chi connectivity index (χ1v) is 6.14. The van der Waals surface area contributed by atoms with Gasteiger partial charge >= 0.3 is 5.97 Å². The average Bonchev–Trinajstić information content (AvgIpc) is 2.24. The van der Waals surface area contributed by atoms with Gasteiger partial charge in [0.1, 0.15) is 5.82 Å². The Morgan fingerprint density at radius 3 is 1.75 bits per heavy atom. The van der Waals surface area contributed by atoms with Gasteiger partial charge in [-0.15, -0.1) is 0 Å². The van der Waals surface area contributed by atoms with E-state index in [4.69, 9.17) is 4.74 Å². The predicted octanol–water partition coefficient (Wildman–Crippen LogP) is 3.16. The van der Waals surface area contributed by atoms with Gasteiger partial charge in [-0.05, 0) is 33.3 Å². The van der Waals surface area contributed by atoms with Crippen molar-refractivity contribution < 1.29 is 14.3 Å². The molecule has 0 aliphatic heterocycles. The number of carbonyl (C=O) groups excluding carboxylic acids is 2. The number of carbonyl (C=O) groups is 2. The highest BCUT2D eigenvalue weighted by molar-refractivity contribution is 5.99. The predicted molar refractivity (Wildman–Crippen MR) is 79.7 cm³/mol. The Hall–Kier alpha value is -2.17. The van der Waals surface area contributed by atoms with E-state index < -0.39 is 5.97 Å². The van der Waals surface area contributed by atoms with Gasteiger partial charge in [0.05, 0.1) is 0 Å². The summed E-state index contributed by atoms with van der Waals surface area (Å²) in [5.74, 6) is -0.253. The van der Waals surface area contributed by atoms with Crippen molar-refractivity contribution in [2.24, 2.45) is 4.99 Å². The highest BCUT2D eigenvalue weighted by Crippen LogP contribution is 2.18. The molecule has 110 valence electrons. The van der Waals surface area contributed by atoms with Crippen molar-refractivity contribution in [2.75, 3.05) is 0 Å². The van der Waals surface area contributed by atoms with Crippen molar-refractivity contribution in [3.63, 3.8) is 0 Å². The number of hydrogen-bond acceptors (Lipinski definition) is 4. The molecule has 0 fully saturated rings. The fourth-order valence-corrected chi connectivity index (χ4v) is 1.42. The maximum absolute atomic E-state index is 11.7. The van der Waals surface area contributed by atoms with Crippen LogP contribution in [0.2, 0.25) is 0 Å². The van der Waals surface area contributed by atoms with Crippen molar-refractivity contribution in [1.82, 2.24) is 4.90 Å². The zero-order valence-electron chi connectivity index (χ0n) is 13.0. The molecule has 0 radical (unpaired) electrons. The Kier molecular flexibility index (Phi) is 6.62. The average molecular weight is 278 g/mol. The van der Waals surface area contributed by atoms with Crippen molar-refractivity contribution in [2.45, 2.75) is 41.5 Å². The normalized spacial score (nSPS) is 10.6. The molecule has 1 amide bonds. The van der Waals surface area contributed by atoms with Crippen LogP contribution in [0.15, 0.2) is 40.8 Å². The molecule has 5 heteroatoms. The van der Waals surface area contributed by atoms with E-state index in [-0.39, 0.29) is 11.8 Å². The van der Waals surface area contributed by atoms with Crippen LogP contribution in [-0.4, -0.2) is 22.7 Å². The Morgan fingerprint density at radius 1 is 1.00 bits per heavy atom. The van der Waals surface area contributed by atoms with Gasteiger partial charge in [-0.3, -0.25) is 14.5 Å². The third-order valence-corrected chi connectivity index (χ3v) is 2.17. The first kappa shape index (κ1) is 17.8. The van der Waals surface area contributed by atoms with Crippen LogP contribution in [0.5, 0.6) is 0 Å². The summed E-state index contributed by atoms with van der Waals surface area (Å²) in [5, 5.41) is 0. The van der Waals surface area contributed by atoms with E-state index in [1.807, 2.05) is 13.8 Å². The molecule has 0 saturated heterocycles. The first-order chi connectivity index (χ1) is 9.07. The molecule has 0 atom stereocenters. The van der Waals surface area contributed by atoms with E-state index in [1.165, 1.54) is 18.7 Å². The largest absolute Gasteiger partial charge is 0.407 e. The summed E-state index contributed by atoms with van der Waals surface area (Å²) in [6.07, 6.45) is 0. The third kappa shape index (κ3) is 5.22. The molecule has 0 rings (SSSR count). The molecular formula is C15H22N2O3. The lowest BCUT2D eigenvalue weighted by Crippen LogP contribution is -2.27. The third-order valence-electron chi connectivity index (χ3n) is 2.17. The minimum absolute atomic E-state index is 0.0844. The maximum atomic E-state index is 11.7. The monoisotopic (exact) mass is 278 g/mol. The highest BCUT2D eigenvalue weighted by atomic mass is 16.5. The van der Waals surface area contributed by atoms with E-state index in [0.717, 1.165) is 5.57 Å². The van der Waals surface area contributed by atoms with Crippen LogP contribution in [0, 0.1) is 0 Å². The SMILES string of the molecule is C=C(C)C(=NC(=C(C)C)N(C(=C)C)C(C)=O)OC(C)=O. The fraction of sp³-hybridized carbons (Fsp3) is 0.400. The first-order valence-electron chi connectivity index (χ1n) is 6.14.